The van der Waals surface area contributed by atoms with Gasteiger partial charge in [-0.3, -0.25) is 9.59 Å². The Morgan fingerprint density at radius 3 is 2.50 bits per heavy atom. The van der Waals surface area contributed by atoms with Crippen LogP contribution in [0.4, 0.5) is 5.69 Å². The third-order valence-electron chi connectivity index (χ3n) is 3.10. The molecule has 0 bridgehead atoms. The number of rotatable bonds is 5. The summed E-state index contributed by atoms with van der Waals surface area (Å²) in [6.45, 7) is 4.34. The minimum absolute atomic E-state index is 0.524. The van der Waals surface area contributed by atoms with Crippen molar-refractivity contribution in [3.05, 3.63) is 59.7 Å². The van der Waals surface area contributed by atoms with Crippen LogP contribution >= 0.6 is 0 Å². The van der Waals surface area contributed by atoms with Gasteiger partial charge < -0.3 is 10.1 Å². The fourth-order valence-corrected chi connectivity index (χ4v) is 1.91. The number of aryl methyl sites for hydroxylation is 1. The van der Waals surface area contributed by atoms with E-state index in [0.29, 0.717) is 23.6 Å². The van der Waals surface area contributed by atoms with Crippen LogP contribution in [0.2, 0.25) is 0 Å². The maximum Gasteiger partial charge on any atom is 0.329 e. The molecule has 2 rings (SSSR count). The molecule has 0 aromatic heterocycles. The number of ether oxygens (including phenoxy) is 1. The molecular weight excluding hydrogens is 306 g/mol. The van der Waals surface area contributed by atoms with Crippen LogP contribution in [0.3, 0.4) is 0 Å². The van der Waals surface area contributed by atoms with Crippen LogP contribution in [-0.4, -0.2) is 24.6 Å². The van der Waals surface area contributed by atoms with Gasteiger partial charge in [-0.25, -0.2) is 5.43 Å². The van der Waals surface area contributed by atoms with E-state index in [1.54, 1.807) is 24.3 Å². The summed E-state index contributed by atoms with van der Waals surface area (Å²) in [4.78, 5) is 23.5. The van der Waals surface area contributed by atoms with Gasteiger partial charge in [0.1, 0.15) is 5.75 Å². The molecule has 0 radical (unpaired) electrons. The second-order valence-corrected chi connectivity index (χ2v) is 4.99. The van der Waals surface area contributed by atoms with E-state index in [1.807, 2.05) is 38.1 Å². The van der Waals surface area contributed by atoms with Gasteiger partial charge in [0.15, 0.2) is 0 Å². The summed E-state index contributed by atoms with van der Waals surface area (Å²) in [5.74, 6) is -0.975. The van der Waals surface area contributed by atoms with Crippen molar-refractivity contribution in [2.75, 3.05) is 11.9 Å². The minimum Gasteiger partial charge on any atom is -0.493 e. The van der Waals surface area contributed by atoms with Crippen molar-refractivity contribution in [2.45, 2.75) is 13.8 Å². The van der Waals surface area contributed by atoms with Crippen LogP contribution < -0.4 is 15.5 Å². The molecule has 0 saturated carbocycles. The molecule has 0 unspecified atom stereocenters. The summed E-state index contributed by atoms with van der Waals surface area (Å²) in [6.07, 6.45) is 1.43. The van der Waals surface area contributed by atoms with Gasteiger partial charge in [-0.2, -0.15) is 5.10 Å². The lowest BCUT2D eigenvalue weighted by Crippen LogP contribution is -2.32. The third-order valence-corrected chi connectivity index (χ3v) is 3.10. The van der Waals surface area contributed by atoms with E-state index >= 15 is 0 Å². The van der Waals surface area contributed by atoms with E-state index < -0.39 is 11.8 Å². The van der Waals surface area contributed by atoms with Crippen molar-refractivity contribution in [1.29, 1.82) is 0 Å². The Balaban J connectivity index is 1.92. The van der Waals surface area contributed by atoms with Gasteiger partial charge in [-0.05, 0) is 38.1 Å². The lowest BCUT2D eigenvalue weighted by atomic mass is 10.2. The number of nitrogens with one attached hydrogen (secondary N) is 2. The number of nitrogens with zero attached hydrogens (tertiary/aromatic N) is 1. The molecule has 0 atom stereocenters. The zero-order chi connectivity index (χ0) is 17.4. The Morgan fingerprint density at radius 1 is 1.08 bits per heavy atom. The monoisotopic (exact) mass is 325 g/mol. The maximum absolute atomic E-state index is 11.8. The predicted molar refractivity (Wildman–Crippen MR) is 93.2 cm³/mol. The second kappa shape index (κ2) is 8.47. The molecule has 2 amide bonds. The Morgan fingerprint density at radius 2 is 1.79 bits per heavy atom. The van der Waals surface area contributed by atoms with Gasteiger partial charge in [0.25, 0.3) is 0 Å². The van der Waals surface area contributed by atoms with Gasteiger partial charge in [0.05, 0.1) is 12.8 Å². The molecule has 0 spiro atoms. The molecule has 24 heavy (non-hydrogen) atoms. The molecule has 0 saturated heterocycles. The molecule has 0 aliphatic rings. The van der Waals surface area contributed by atoms with E-state index in [1.165, 1.54) is 6.21 Å². The Bertz CT molecular complexity index is 739. The van der Waals surface area contributed by atoms with Gasteiger partial charge in [0.2, 0.25) is 0 Å². The van der Waals surface area contributed by atoms with Crippen LogP contribution in [0, 0.1) is 6.92 Å². The first-order valence-corrected chi connectivity index (χ1v) is 7.53. The van der Waals surface area contributed by atoms with Gasteiger partial charge in [0, 0.05) is 11.3 Å². The highest BCUT2D eigenvalue weighted by Gasteiger charge is 2.12. The number of hydrogen-bond acceptors (Lipinski definition) is 4. The van der Waals surface area contributed by atoms with Crippen molar-refractivity contribution in [3.8, 4) is 5.75 Å². The topological polar surface area (TPSA) is 79.8 Å². The molecule has 6 nitrogen and oxygen atoms in total. The van der Waals surface area contributed by atoms with Crippen molar-refractivity contribution < 1.29 is 14.3 Å². The van der Waals surface area contributed by atoms with Gasteiger partial charge >= 0.3 is 11.8 Å². The Labute approximate surface area is 140 Å². The quantitative estimate of drug-likeness (QED) is 0.503. The van der Waals surface area contributed by atoms with E-state index in [0.717, 1.165) is 5.56 Å². The summed E-state index contributed by atoms with van der Waals surface area (Å²) in [5, 5.41) is 6.30. The Kier molecular flexibility index (Phi) is 6.08. The van der Waals surface area contributed by atoms with Crippen LogP contribution in [0.25, 0.3) is 0 Å². The first-order chi connectivity index (χ1) is 11.6. The normalized spacial score (nSPS) is 10.4. The summed E-state index contributed by atoms with van der Waals surface area (Å²) in [6, 6.07) is 14.4. The number of carbonyl (C=O) groups is 2. The smallest absolute Gasteiger partial charge is 0.329 e. The Hall–Kier alpha value is -3.15. The number of benzene rings is 2. The summed E-state index contributed by atoms with van der Waals surface area (Å²) in [5.41, 5.74) is 4.51. The molecule has 0 aliphatic carbocycles. The zero-order valence-corrected chi connectivity index (χ0v) is 13.6. The number of carbonyl (C=O) groups excluding carboxylic acids is 2. The van der Waals surface area contributed by atoms with Crippen molar-refractivity contribution in [3.63, 3.8) is 0 Å². The highest BCUT2D eigenvalue weighted by atomic mass is 16.5. The molecule has 2 N–H and O–H groups in total. The van der Waals surface area contributed by atoms with Crippen molar-refractivity contribution in [1.82, 2.24) is 5.43 Å². The largest absolute Gasteiger partial charge is 0.493 e. The second-order valence-electron chi connectivity index (χ2n) is 4.99. The molecule has 0 heterocycles. The number of hydrazone groups is 1. The van der Waals surface area contributed by atoms with Crippen LogP contribution in [0.15, 0.2) is 53.6 Å². The summed E-state index contributed by atoms with van der Waals surface area (Å²) >= 11 is 0. The molecule has 124 valence electrons. The number of amides is 2. The first kappa shape index (κ1) is 17.2. The van der Waals surface area contributed by atoms with E-state index in [2.05, 4.69) is 15.8 Å². The highest BCUT2D eigenvalue weighted by molar-refractivity contribution is 6.39. The van der Waals surface area contributed by atoms with Crippen LogP contribution in [0.5, 0.6) is 5.75 Å². The molecule has 2 aromatic rings. The SMILES string of the molecule is CCOc1ccccc1C=NNC(=O)C(=O)Nc1ccc(C)cc1. The lowest BCUT2D eigenvalue weighted by molar-refractivity contribution is -0.136. The van der Waals surface area contributed by atoms with Crippen molar-refractivity contribution in [2.24, 2.45) is 5.10 Å². The van der Waals surface area contributed by atoms with E-state index in [4.69, 9.17) is 4.74 Å². The molecule has 0 fully saturated rings. The minimum atomic E-state index is -0.847. The fraction of sp³-hybridized carbons (Fsp3) is 0.167. The molecule has 2 aromatic carbocycles. The highest BCUT2D eigenvalue weighted by Crippen LogP contribution is 2.15. The summed E-state index contributed by atoms with van der Waals surface area (Å²) in [7, 11) is 0. The maximum atomic E-state index is 11.8. The average molecular weight is 325 g/mol. The molecule has 0 aliphatic heterocycles. The van der Waals surface area contributed by atoms with Crippen LogP contribution in [-0.2, 0) is 9.59 Å². The number of para-hydroxylation sites is 1. The number of hydrogen-bond donors (Lipinski definition) is 2. The number of anilines is 1. The third kappa shape index (κ3) is 4.95. The van der Waals surface area contributed by atoms with Crippen molar-refractivity contribution >= 4 is 23.7 Å². The van der Waals surface area contributed by atoms with E-state index in [-0.39, 0.29) is 0 Å². The standard InChI is InChI=1S/C18H19N3O3/c1-3-24-16-7-5-4-6-14(16)12-19-21-18(23)17(22)20-15-10-8-13(2)9-11-15/h4-12H,3H2,1-2H3,(H,20,22)(H,21,23). The van der Waals surface area contributed by atoms with E-state index in [9.17, 15) is 9.59 Å². The first-order valence-electron chi connectivity index (χ1n) is 7.53. The lowest BCUT2D eigenvalue weighted by Gasteiger charge is -2.06. The fourth-order valence-electron chi connectivity index (χ4n) is 1.91. The van der Waals surface area contributed by atoms with Gasteiger partial charge in [-0.1, -0.05) is 29.8 Å². The predicted octanol–water partition coefficient (Wildman–Crippen LogP) is 2.48. The van der Waals surface area contributed by atoms with Gasteiger partial charge in [-0.15, -0.1) is 0 Å². The molecular formula is C18H19N3O3. The van der Waals surface area contributed by atoms with Crippen LogP contribution in [0.1, 0.15) is 18.1 Å². The summed E-state index contributed by atoms with van der Waals surface area (Å²) < 4.78 is 5.45. The zero-order valence-electron chi connectivity index (χ0n) is 13.6. The average Bonchev–Trinajstić information content (AvgIpc) is 2.58. The molecule has 6 heteroatoms.